The average Bonchev–Trinajstić information content (AvgIpc) is 3.19. The van der Waals surface area contributed by atoms with Crippen LogP contribution in [0.2, 0.25) is 0 Å². The zero-order valence-electron chi connectivity index (χ0n) is 17.7. The lowest BCUT2D eigenvalue weighted by molar-refractivity contribution is -0.129. The molecule has 0 aliphatic carbocycles. The lowest BCUT2D eigenvalue weighted by Gasteiger charge is -2.23. The van der Waals surface area contributed by atoms with Crippen molar-refractivity contribution in [3.05, 3.63) is 96.1 Å². The SMILES string of the molecule is N#CCCn1c(SCC(=O)N(Cc2ccccc2)Cc2ccccc2)nc2ccccc21. The molecule has 0 aliphatic heterocycles. The second-order valence-electron chi connectivity index (χ2n) is 7.45. The van der Waals surface area contributed by atoms with Crippen molar-refractivity contribution < 1.29 is 4.79 Å². The molecule has 4 aromatic rings. The standard InChI is InChI=1S/C26H24N4OS/c27-16-9-17-30-24-15-8-7-14-23(24)28-26(30)32-20-25(31)29(18-21-10-3-1-4-11-21)19-22-12-5-2-6-13-22/h1-8,10-15H,9,17-20H2. The van der Waals surface area contributed by atoms with Gasteiger partial charge in [-0.15, -0.1) is 0 Å². The van der Waals surface area contributed by atoms with Crippen LogP contribution in [0.5, 0.6) is 0 Å². The molecule has 0 aliphatic rings. The van der Waals surface area contributed by atoms with Crippen molar-refractivity contribution in [1.29, 1.82) is 5.26 Å². The molecule has 1 amide bonds. The quantitative estimate of drug-likeness (QED) is 0.333. The summed E-state index contributed by atoms with van der Waals surface area (Å²) in [4.78, 5) is 19.9. The van der Waals surface area contributed by atoms with Gasteiger partial charge in [-0.3, -0.25) is 4.79 Å². The molecule has 1 aromatic heterocycles. The Hall–Kier alpha value is -3.56. The number of fused-ring (bicyclic) bond motifs is 1. The summed E-state index contributed by atoms with van der Waals surface area (Å²) in [5, 5.41) is 9.82. The molecule has 0 N–H and O–H groups in total. The Morgan fingerprint density at radius 1 is 0.906 bits per heavy atom. The van der Waals surface area contributed by atoms with Gasteiger partial charge in [-0.25, -0.2) is 4.98 Å². The molecule has 0 saturated heterocycles. The molecule has 0 unspecified atom stereocenters. The predicted octanol–water partition coefficient (Wildman–Crippen LogP) is 5.27. The molecule has 5 nitrogen and oxygen atoms in total. The van der Waals surface area contributed by atoms with Gasteiger partial charge in [0.15, 0.2) is 5.16 Å². The topological polar surface area (TPSA) is 61.9 Å². The van der Waals surface area contributed by atoms with E-state index in [9.17, 15) is 4.79 Å². The fourth-order valence-electron chi connectivity index (χ4n) is 3.60. The van der Waals surface area contributed by atoms with E-state index in [2.05, 4.69) is 6.07 Å². The minimum Gasteiger partial charge on any atom is -0.333 e. The number of para-hydroxylation sites is 2. The monoisotopic (exact) mass is 440 g/mol. The Labute approximate surface area is 192 Å². The van der Waals surface area contributed by atoms with Crippen molar-refractivity contribution >= 4 is 28.7 Å². The molecule has 4 rings (SSSR count). The normalized spacial score (nSPS) is 10.7. The molecular formula is C26H24N4OS. The number of carbonyl (C=O) groups is 1. The largest absolute Gasteiger partial charge is 0.333 e. The predicted molar refractivity (Wildman–Crippen MR) is 128 cm³/mol. The molecule has 0 radical (unpaired) electrons. The summed E-state index contributed by atoms with van der Waals surface area (Å²) in [7, 11) is 0. The Kier molecular flexibility index (Phi) is 7.21. The number of amides is 1. The molecule has 0 fully saturated rings. The summed E-state index contributed by atoms with van der Waals surface area (Å²) >= 11 is 1.43. The summed E-state index contributed by atoms with van der Waals surface area (Å²) in [6.45, 7) is 1.67. The summed E-state index contributed by atoms with van der Waals surface area (Å²) in [6.07, 6.45) is 0.399. The number of imidazole rings is 1. The number of nitriles is 1. The Morgan fingerprint density at radius 2 is 1.50 bits per heavy atom. The van der Waals surface area contributed by atoms with Gasteiger partial charge in [0.2, 0.25) is 5.91 Å². The van der Waals surface area contributed by atoms with Crippen molar-refractivity contribution in [2.75, 3.05) is 5.75 Å². The number of rotatable bonds is 9. The Morgan fingerprint density at radius 3 is 2.12 bits per heavy atom. The first-order valence-corrected chi connectivity index (χ1v) is 11.5. The lowest BCUT2D eigenvalue weighted by atomic mass is 10.1. The fourth-order valence-corrected chi connectivity index (χ4v) is 4.54. The van der Waals surface area contributed by atoms with Gasteiger partial charge in [-0.05, 0) is 23.3 Å². The van der Waals surface area contributed by atoms with Gasteiger partial charge < -0.3 is 9.47 Å². The third-order valence-corrected chi connectivity index (χ3v) is 6.14. The molecule has 0 saturated carbocycles. The molecule has 6 heteroatoms. The Balaban J connectivity index is 1.52. The van der Waals surface area contributed by atoms with Crippen LogP contribution in [0.15, 0.2) is 90.1 Å². The minimum atomic E-state index is 0.0570. The highest BCUT2D eigenvalue weighted by Crippen LogP contribution is 2.25. The van der Waals surface area contributed by atoms with E-state index in [1.165, 1.54) is 11.8 Å². The number of thioether (sulfide) groups is 1. The average molecular weight is 441 g/mol. The fraction of sp³-hybridized carbons (Fsp3) is 0.192. The van der Waals surface area contributed by atoms with Crippen LogP contribution in [0, 0.1) is 11.3 Å². The molecule has 0 atom stereocenters. The number of aryl methyl sites for hydroxylation is 1. The van der Waals surface area contributed by atoms with E-state index < -0.39 is 0 Å². The van der Waals surface area contributed by atoms with Crippen molar-refractivity contribution in [1.82, 2.24) is 14.5 Å². The van der Waals surface area contributed by atoms with Crippen LogP contribution in [-0.2, 0) is 24.4 Å². The van der Waals surface area contributed by atoms with E-state index in [1.807, 2.05) is 94.4 Å². The summed E-state index contributed by atoms with van der Waals surface area (Å²) < 4.78 is 2.04. The highest BCUT2D eigenvalue weighted by Gasteiger charge is 2.18. The number of carbonyl (C=O) groups excluding carboxylic acids is 1. The lowest BCUT2D eigenvalue weighted by Crippen LogP contribution is -2.31. The highest BCUT2D eigenvalue weighted by molar-refractivity contribution is 7.99. The van der Waals surface area contributed by atoms with Crippen molar-refractivity contribution in [2.45, 2.75) is 31.2 Å². The first kappa shape index (κ1) is 21.7. The van der Waals surface area contributed by atoms with Crippen LogP contribution < -0.4 is 0 Å². The smallest absolute Gasteiger partial charge is 0.233 e. The number of hydrogen-bond donors (Lipinski definition) is 0. The van der Waals surface area contributed by atoms with E-state index in [-0.39, 0.29) is 11.7 Å². The second kappa shape index (κ2) is 10.7. The van der Waals surface area contributed by atoms with Crippen molar-refractivity contribution in [3.63, 3.8) is 0 Å². The highest BCUT2D eigenvalue weighted by atomic mass is 32.2. The van der Waals surface area contributed by atoms with Crippen LogP contribution in [0.25, 0.3) is 11.0 Å². The summed E-state index contributed by atoms with van der Waals surface area (Å²) in [6, 6.07) is 30.2. The van der Waals surface area contributed by atoms with E-state index in [4.69, 9.17) is 10.2 Å². The van der Waals surface area contributed by atoms with E-state index in [1.54, 1.807) is 0 Å². The maximum Gasteiger partial charge on any atom is 0.233 e. The molecule has 3 aromatic carbocycles. The molecule has 0 spiro atoms. The van der Waals surface area contributed by atoms with Gasteiger partial charge in [-0.1, -0.05) is 84.6 Å². The van der Waals surface area contributed by atoms with Crippen LogP contribution >= 0.6 is 11.8 Å². The molecule has 160 valence electrons. The maximum absolute atomic E-state index is 13.3. The zero-order valence-corrected chi connectivity index (χ0v) is 18.5. The second-order valence-corrected chi connectivity index (χ2v) is 8.40. The summed E-state index contributed by atoms with van der Waals surface area (Å²) in [5.41, 5.74) is 4.07. The molecule has 0 bridgehead atoms. The molecule has 32 heavy (non-hydrogen) atoms. The first-order chi connectivity index (χ1) is 15.7. The zero-order chi connectivity index (χ0) is 22.2. The van der Waals surface area contributed by atoms with E-state index in [0.717, 1.165) is 27.3 Å². The maximum atomic E-state index is 13.3. The number of aromatic nitrogens is 2. The number of benzene rings is 3. The van der Waals surface area contributed by atoms with Gasteiger partial charge >= 0.3 is 0 Å². The third-order valence-electron chi connectivity index (χ3n) is 5.18. The van der Waals surface area contributed by atoms with Gasteiger partial charge in [-0.2, -0.15) is 5.26 Å². The van der Waals surface area contributed by atoms with Crippen LogP contribution in [0.1, 0.15) is 17.5 Å². The number of hydrogen-bond acceptors (Lipinski definition) is 4. The Bertz CT molecular complexity index is 1170. The van der Waals surface area contributed by atoms with Crippen LogP contribution in [-0.4, -0.2) is 26.1 Å². The van der Waals surface area contributed by atoms with Crippen LogP contribution in [0.4, 0.5) is 0 Å². The number of nitrogens with zero attached hydrogens (tertiary/aromatic N) is 4. The third kappa shape index (κ3) is 5.37. The van der Waals surface area contributed by atoms with Crippen molar-refractivity contribution in [3.8, 4) is 6.07 Å². The van der Waals surface area contributed by atoms with Gasteiger partial charge in [0.25, 0.3) is 0 Å². The van der Waals surface area contributed by atoms with Gasteiger partial charge in [0, 0.05) is 19.6 Å². The summed E-state index contributed by atoms with van der Waals surface area (Å²) in [5.74, 6) is 0.344. The van der Waals surface area contributed by atoms with Gasteiger partial charge in [0.05, 0.1) is 29.3 Å². The molecular weight excluding hydrogens is 416 g/mol. The first-order valence-electron chi connectivity index (χ1n) is 10.6. The van der Waals surface area contributed by atoms with Crippen molar-refractivity contribution in [2.24, 2.45) is 0 Å². The van der Waals surface area contributed by atoms with Crippen LogP contribution in [0.3, 0.4) is 0 Å². The minimum absolute atomic E-state index is 0.0570. The van der Waals surface area contributed by atoms with Gasteiger partial charge in [0.1, 0.15) is 0 Å². The molecule has 1 heterocycles. The van der Waals surface area contributed by atoms with E-state index in [0.29, 0.717) is 26.1 Å². The van der Waals surface area contributed by atoms with E-state index >= 15 is 0 Å².